The summed E-state index contributed by atoms with van der Waals surface area (Å²) in [5, 5.41) is 5.63. The second kappa shape index (κ2) is 11.2. The highest BCUT2D eigenvalue weighted by Crippen LogP contribution is 2.22. The third-order valence-corrected chi connectivity index (χ3v) is 4.95. The molecule has 1 fully saturated rings. The zero-order valence-electron chi connectivity index (χ0n) is 17.0. The molecule has 158 valence electrons. The van der Waals surface area contributed by atoms with Crippen LogP contribution in [0.1, 0.15) is 23.2 Å². The molecule has 0 radical (unpaired) electrons. The van der Waals surface area contributed by atoms with E-state index in [2.05, 4.69) is 17.2 Å². The Kier molecular flexibility index (Phi) is 8.67. The first-order valence-electron chi connectivity index (χ1n) is 9.60. The lowest BCUT2D eigenvalue weighted by Crippen LogP contribution is -2.54. The number of carbonyl (C=O) groups is 3. The van der Waals surface area contributed by atoms with Crippen LogP contribution in [0.4, 0.5) is 0 Å². The summed E-state index contributed by atoms with van der Waals surface area (Å²) in [6.07, 6.45) is 2.81. The smallest absolute Gasteiger partial charge is 0.252 e. The normalized spacial score (nSPS) is 15.3. The zero-order valence-corrected chi connectivity index (χ0v) is 17.0. The van der Waals surface area contributed by atoms with Gasteiger partial charge in [-0.2, -0.15) is 0 Å². The van der Waals surface area contributed by atoms with Crippen molar-refractivity contribution in [1.29, 1.82) is 0 Å². The lowest BCUT2D eigenvalue weighted by atomic mass is 9.88. The van der Waals surface area contributed by atoms with Gasteiger partial charge < -0.3 is 25.0 Å². The number of methoxy groups -OCH3 is 2. The number of rotatable bonds is 9. The molecule has 0 aromatic heterocycles. The Bertz CT molecular complexity index is 729. The van der Waals surface area contributed by atoms with Crippen molar-refractivity contribution in [1.82, 2.24) is 15.5 Å². The number of amides is 3. The lowest BCUT2D eigenvalue weighted by molar-refractivity contribution is -0.136. The average molecular weight is 403 g/mol. The van der Waals surface area contributed by atoms with Gasteiger partial charge in [-0.05, 0) is 37.0 Å². The molecule has 0 bridgehead atoms. The van der Waals surface area contributed by atoms with E-state index >= 15 is 0 Å². The van der Waals surface area contributed by atoms with Crippen LogP contribution < -0.4 is 15.4 Å². The standard InChI is InChI=1S/C21H29N3O5/c1-4-10-22-21(27)19(15-8-11-24(12-9-15)18(25)14-28-2)23-20(26)16-6-5-7-17(13-16)29-3/h4-7,13,15,19H,1,8-12,14H2,2-3H3,(H,22,27)(H,23,26). The molecular formula is C21H29N3O5. The molecule has 1 atom stereocenters. The summed E-state index contributed by atoms with van der Waals surface area (Å²) in [7, 11) is 3.01. The van der Waals surface area contributed by atoms with Gasteiger partial charge >= 0.3 is 0 Å². The van der Waals surface area contributed by atoms with Crippen LogP contribution in [-0.2, 0) is 14.3 Å². The van der Waals surface area contributed by atoms with E-state index in [0.717, 1.165) is 0 Å². The molecule has 3 amide bonds. The summed E-state index contributed by atoms with van der Waals surface area (Å²) < 4.78 is 10.1. The zero-order chi connectivity index (χ0) is 21.2. The molecule has 1 saturated heterocycles. The van der Waals surface area contributed by atoms with Crippen molar-refractivity contribution in [3.63, 3.8) is 0 Å². The average Bonchev–Trinajstić information content (AvgIpc) is 2.76. The first-order valence-corrected chi connectivity index (χ1v) is 9.60. The topological polar surface area (TPSA) is 97.0 Å². The number of piperidine rings is 1. The maximum atomic E-state index is 12.8. The van der Waals surface area contributed by atoms with Crippen LogP contribution in [-0.4, -0.2) is 69.1 Å². The van der Waals surface area contributed by atoms with Crippen molar-refractivity contribution in [3.8, 4) is 5.75 Å². The van der Waals surface area contributed by atoms with Crippen molar-refractivity contribution in [2.24, 2.45) is 5.92 Å². The van der Waals surface area contributed by atoms with Gasteiger partial charge in [-0.15, -0.1) is 6.58 Å². The first-order chi connectivity index (χ1) is 14.0. The van der Waals surface area contributed by atoms with Gasteiger partial charge in [0.15, 0.2) is 0 Å². The highest BCUT2D eigenvalue weighted by molar-refractivity contribution is 5.98. The quantitative estimate of drug-likeness (QED) is 0.599. The van der Waals surface area contributed by atoms with E-state index in [-0.39, 0.29) is 30.2 Å². The van der Waals surface area contributed by atoms with Gasteiger partial charge in [0.1, 0.15) is 18.4 Å². The lowest BCUT2D eigenvalue weighted by Gasteiger charge is -2.35. The summed E-state index contributed by atoms with van der Waals surface area (Å²) in [6.45, 7) is 5.01. The first kappa shape index (κ1) is 22.4. The second-order valence-electron chi connectivity index (χ2n) is 6.87. The van der Waals surface area contributed by atoms with Crippen LogP contribution in [0.2, 0.25) is 0 Å². The van der Waals surface area contributed by atoms with Gasteiger partial charge in [-0.3, -0.25) is 14.4 Å². The number of ether oxygens (including phenoxy) is 2. The minimum atomic E-state index is -0.701. The SMILES string of the molecule is C=CCNC(=O)C(NC(=O)c1cccc(OC)c1)C1CCN(C(=O)COC)CC1. The van der Waals surface area contributed by atoms with E-state index in [1.54, 1.807) is 35.2 Å². The number of likely N-dealkylation sites (tertiary alicyclic amines) is 1. The molecular weight excluding hydrogens is 374 g/mol. The Hall–Kier alpha value is -2.87. The summed E-state index contributed by atoms with van der Waals surface area (Å²) in [6, 6.07) is 6.06. The Balaban J connectivity index is 2.09. The minimum Gasteiger partial charge on any atom is -0.497 e. The van der Waals surface area contributed by atoms with Crippen LogP contribution in [0.3, 0.4) is 0 Å². The van der Waals surface area contributed by atoms with Gasteiger partial charge in [-0.1, -0.05) is 12.1 Å². The Morgan fingerprint density at radius 2 is 2.00 bits per heavy atom. The van der Waals surface area contributed by atoms with Crippen LogP contribution in [0.15, 0.2) is 36.9 Å². The van der Waals surface area contributed by atoms with E-state index in [1.165, 1.54) is 14.2 Å². The fourth-order valence-corrected chi connectivity index (χ4v) is 3.37. The van der Waals surface area contributed by atoms with Crippen molar-refractivity contribution >= 4 is 17.7 Å². The molecule has 0 saturated carbocycles. The van der Waals surface area contributed by atoms with E-state index < -0.39 is 6.04 Å². The predicted octanol–water partition coefficient (Wildman–Crippen LogP) is 0.981. The molecule has 1 aliphatic rings. The molecule has 0 spiro atoms. The summed E-state index contributed by atoms with van der Waals surface area (Å²) in [4.78, 5) is 39.2. The fourth-order valence-electron chi connectivity index (χ4n) is 3.37. The molecule has 2 rings (SSSR count). The third kappa shape index (κ3) is 6.32. The molecule has 1 aliphatic heterocycles. The van der Waals surface area contributed by atoms with Gasteiger partial charge in [0.2, 0.25) is 11.8 Å². The molecule has 8 nitrogen and oxygen atoms in total. The Labute approximate surface area is 171 Å². The number of nitrogens with one attached hydrogen (secondary N) is 2. The number of nitrogens with zero attached hydrogens (tertiary/aromatic N) is 1. The maximum absolute atomic E-state index is 12.8. The monoisotopic (exact) mass is 403 g/mol. The van der Waals surface area contributed by atoms with Crippen molar-refractivity contribution in [2.45, 2.75) is 18.9 Å². The molecule has 2 N–H and O–H groups in total. The van der Waals surface area contributed by atoms with Crippen LogP contribution in [0.5, 0.6) is 5.75 Å². The molecule has 1 heterocycles. The van der Waals surface area contributed by atoms with Gasteiger partial charge in [0.25, 0.3) is 5.91 Å². The highest BCUT2D eigenvalue weighted by atomic mass is 16.5. The minimum absolute atomic E-state index is 0.0422. The van der Waals surface area contributed by atoms with E-state index in [0.29, 0.717) is 43.8 Å². The molecule has 29 heavy (non-hydrogen) atoms. The number of benzene rings is 1. The van der Waals surface area contributed by atoms with Crippen molar-refractivity contribution < 1.29 is 23.9 Å². The summed E-state index contributed by atoms with van der Waals surface area (Å²) >= 11 is 0. The number of hydrogen-bond acceptors (Lipinski definition) is 5. The number of carbonyl (C=O) groups excluding carboxylic acids is 3. The van der Waals surface area contributed by atoms with Crippen LogP contribution in [0.25, 0.3) is 0 Å². The van der Waals surface area contributed by atoms with Gasteiger partial charge in [0.05, 0.1) is 7.11 Å². The maximum Gasteiger partial charge on any atom is 0.252 e. The van der Waals surface area contributed by atoms with E-state index in [4.69, 9.17) is 9.47 Å². The molecule has 1 aromatic carbocycles. The van der Waals surface area contributed by atoms with Crippen LogP contribution in [0, 0.1) is 5.92 Å². The van der Waals surface area contributed by atoms with Gasteiger partial charge in [-0.25, -0.2) is 0 Å². The molecule has 1 unspecified atom stereocenters. The second-order valence-corrected chi connectivity index (χ2v) is 6.87. The molecule has 8 heteroatoms. The van der Waals surface area contributed by atoms with Crippen molar-refractivity contribution in [2.75, 3.05) is 40.5 Å². The molecule has 1 aromatic rings. The van der Waals surface area contributed by atoms with Crippen LogP contribution >= 0.6 is 0 Å². The Morgan fingerprint density at radius 1 is 1.28 bits per heavy atom. The highest BCUT2D eigenvalue weighted by Gasteiger charge is 2.33. The van der Waals surface area contributed by atoms with E-state index in [1.807, 2.05) is 0 Å². The summed E-state index contributed by atoms with van der Waals surface area (Å²) in [5.41, 5.74) is 0.415. The molecule has 0 aliphatic carbocycles. The predicted molar refractivity (Wildman–Crippen MR) is 109 cm³/mol. The van der Waals surface area contributed by atoms with Gasteiger partial charge in [0, 0.05) is 32.3 Å². The fraction of sp³-hybridized carbons (Fsp3) is 0.476. The number of hydrogen-bond donors (Lipinski definition) is 2. The van der Waals surface area contributed by atoms with E-state index in [9.17, 15) is 14.4 Å². The van der Waals surface area contributed by atoms with Crippen molar-refractivity contribution in [3.05, 3.63) is 42.5 Å². The third-order valence-electron chi connectivity index (χ3n) is 4.95. The largest absolute Gasteiger partial charge is 0.497 e. The summed E-state index contributed by atoms with van der Waals surface area (Å²) in [5.74, 6) is -0.196. The Morgan fingerprint density at radius 3 is 2.62 bits per heavy atom.